The summed E-state index contributed by atoms with van der Waals surface area (Å²) in [6.07, 6.45) is 9.79. The predicted molar refractivity (Wildman–Crippen MR) is 93.9 cm³/mol. The topological polar surface area (TPSA) is 56.2 Å². The molecule has 0 fully saturated rings. The molecule has 0 saturated heterocycles. The molecule has 0 saturated carbocycles. The summed E-state index contributed by atoms with van der Waals surface area (Å²) >= 11 is 3.30. The van der Waals surface area contributed by atoms with Gasteiger partial charge in [-0.1, -0.05) is 52.4 Å². The smallest absolute Gasteiger partial charge is 0.206 e. The van der Waals surface area contributed by atoms with E-state index in [9.17, 15) is 10.2 Å². The molecule has 3 N–H and O–H groups in total. The molecule has 1 rings (SSSR count). The fraction of sp³-hybridized carbons (Fsp3) is 0.750. The van der Waals surface area contributed by atoms with Crippen molar-refractivity contribution in [3.05, 3.63) is 0 Å². The molecule has 0 unspecified atom stereocenters. The van der Waals surface area contributed by atoms with E-state index in [0.29, 0.717) is 0 Å². The molecule has 0 atom stereocenters. The maximum Gasteiger partial charge on any atom is 0.206 e. The first-order valence-electron chi connectivity index (χ1n) is 8.10. The summed E-state index contributed by atoms with van der Waals surface area (Å²) in [7, 11) is 0. The van der Waals surface area contributed by atoms with Gasteiger partial charge >= 0.3 is 0 Å². The van der Waals surface area contributed by atoms with Gasteiger partial charge in [-0.15, -0.1) is 23.5 Å². The minimum absolute atomic E-state index is 0.115. The minimum Gasteiger partial charge on any atom is -0.494 e. The molecular formula is C16H29NO2S2. The lowest BCUT2D eigenvalue weighted by Gasteiger charge is -2.05. The third-order valence-electron chi connectivity index (χ3n) is 3.36. The number of hydrogen-bond acceptors (Lipinski definition) is 4. The Morgan fingerprint density at radius 1 is 0.714 bits per heavy atom. The quantitative estimate of drug-likeness (QED) is 0.336. The van der Waals surface area contributed by atoms with E-state index in [0.717, 1.165) is 34.1 Å². The highest BCUT2D eigenvalue weighted by atomic mass is 32.2. The zero-order chi connectivity index (χ0) is 15.5. The molecule has 1 aromatic rings. The molecule has 1 aromatic heterocycles. The maximum absolute atomic E-state index is 9.91. The van der Waals surface area contributed by atoms with Crippen LogP contribution >= 0.6 is 23.5 Å². The molecule has 0 spiro atoms. The normalized spacial score (nSPS) is 11.1. The fourth-order valence-corrected chi connectivity index (χ4v) is 4.40. The summed E-state index contributed by atoms with van der Waals surface area (Å²) in [5.74, 6) is 2.22. The Morgan fingerprint density at radius 3 is 1.52 bits per heavy atom. The number of nitrogens with one attached hydrogen (secondary N) is 1. The Morgan fingerprint density at radius 2 is 1.14 bits per heavy atom. The average Bonchev–Trinajstić information content (AvgIpc) is 2.73. The molecule has 0 radical (unpaired) electrons. The van der Waals surface area contributed by atoms with Crippen molar-refractivity contribution >= 4 is 23.5 Å². The average molecular weight is 332 g/mol. The van der Waals surface area contributed by atoms with Crippen molar-refractivity contribution in [1.82, 2.24) is 4.98 Å². The van der Waals surface area contributed by atoms with E-state index in [2.05, 4.69) is 18.8 Å². The van der Waals surface area contributed by atoms with Crippen LogP contribution in [0.15, 0.2) is 9.79 Å². The van der Waals surface area contributed by atoms with Crippen LogP contribution < -0.4 is 0 Å². The lowest BCUT2D eigenvalue weighted by Crippen LogP contribution is -1.84. The zero-order valence-electron chi connectivity index (χ0n) is 13.3. The van der Waals surface area contributed by atoms with Gasteiger partial charge in [0.15, 0.2) is 0 Å². The molecule has 3 nitrogen and oxygen atoms in total. The molecule has 122 valence electrons. The largest absolute Gasteiger partial charge is 0.494 e. The molecular weight excluding hydrogens is 302 g/mol. The van der Waals surface area contributed by atoms with Crippen molar-refractivity contribution in [3.63, 3.8) is 0 Å². The van der Waals surface area contributed by atoms with Crippen LogP contribution in [0.3, 0.4) is 0 Å². The number of aromatic amines is 1. The van der Waals surface area contributed by atoms with E-state index in [4.69, 9.17) is 0 Å². The van der Waals surface area contributed by atoms with Gasteiger partial charge in [0.05, 0.1) is 9.79 Å². The monoisotopic (exact) mass is 331 g/mol. The van der Waals surface area contributed by atoms with Crippen molar-refractivity contribution in [2.24, 2.45) is 0 Å². The first kappa shape index (κ1) is 18.6. The SMILES string of the molecule is CCCCCCSc1c(O)[nH]c(O)c1SCCCCCC. The van der Waals surface area contributed by atoms with Crippen molar-refractivity contribution in [3.8, 4) is 11.8 Å². The van der Waals surface area contributed by atoms with Gasteiger partial charge in [-0.2, -0.15) is 0 Å². The van der Waals surface area contributed by atoms with Crippen LogP contribution in [0.2, 0.25) is 0 Å². The van der Waals surface area contributed by atoms with Gasteiger partial charge in [-0.25, -0.2) is 0 Å². The van der Waals surface area contributed by atoms with E-state index in [1.54, 1.807) is 23.5 Å². The molecule has 0 amide bonds. The van der Waals surface area contributed by atoms with E-state index in [-0.39, 0.29) is 11.8 Å². The zero-order valence-corrected chi connectivity index (χ0v) is 14.9. The Labute approximate surface area is 137 Å². The number of H-pyrrole nitrogens is 1. The number of hydrogen-bond donors (Lipinski definition) is 3. The lowest BCUT2D eigenvalue weighted by atomic mass is 10.2. The predicted octanol–water partition coefficient (Wildman–Crippen LogP) is 5.77. The van der Waals surface area contributed by atoms with E-state index in [1.165, 1.54) is 38.5 Å². The number of rotatable bonds is 12. The molecule has 1 heterocycles. The molecule has 0 aliphatic rings. The first-order chi connectivity index (χ1) is 10.2. The number of aromatic nitrogens is 1. The number of aromatic hydroxyl groups is 2. The summed E-state index contributed by atoms with van der Waals surface area (Å²) in [6.45, 7) is 4.41. The van der Waals surface area contributed by atoms with Crippen LogP contribution in [-0.2, 0) is 0 Å². The van der Waals surface area contributed by atoms with Gasteiger partial charge in [0, 0.05) is 0 Å². The molecule has 0 aromatic carbocycles. The lowest BCUT2D eigenvalue weighted by molar-refractivity contribution is 0.419. The molecule has 5 heteroatoms. The van der Waals surface area contributed by atoms with Gasteiger partial charge in [0.2, 0.25) is 11.8 Å². The fourth-order valence-electron chi connectivity index (χ4n) is 2.11. The molecule has 0 aliphatic carbocycles. The van der Waals surface area contributed by atoms with Gasteiger partial charge in [0.25, 0.3) is 0 Å². The highest BCUT2D eigenvalue weighted by molar-refractivity contribution is 8.02. The Balaban J connectivity index is 2.42. The Hall–Kier alpha value is -0.420. The molecule has 0 aliphatic heterocycles. The summed E-state index contributed by atoms with van der Waals surface area (Å²) < 4.78 is 0. The third-order valence-corrected chi connectivity index (χ3v) is 5.85. The number of unbranched alkanes of at least 4 members (excludes halogenated alkanes) is 6. The standard InChI is InChI=1S/C16H29NO2S2/c1-3-5-7-9-11-20-13-14(16(19)17-15(13)18)21-12-10-8-6-4-2/h17-19H,3-12H2,1-2H3. The highest BCUT2D eigenvalue weighted by Crippen LogP contribution is 2.44. The van der Waals surface area contributed by atoms with Crippen LogP contribution in [0.5, 0.6) is 11.8 Å². The van der Waals surface area contributed by atoms with E-state index in [1.807, 2.05) is 0 Å². The maximum atomic E-state index is 9.91. The van der Waals surface area contributed by atoms with Crippen LogP contribution in [0.1, 0.15) is 65.2 Å². The van der Waals surface area contributed by atoms with Crippen LogP contribution in [0.4, 0.5) is 0 Å². The van der Waals surface area contributed by atoms with Gasteiger partial charge in [-0.05, 0) is 24.3 Å². The second-order valence-electron chi connectivity index (χ2n) is 5.30. The van der Waals surface area contributed by atoms with Crippen LogP contribution in [0, 0.1) is 0 Å². The summed E-state index contributed by atoms with van der Waals surface area (Å²) in [6, 6.07) is 0. The van der Waals surface area contributed by atoms with E-state index >= 15 is 0 Å². The summed E-state index contributed by atoms with van der Waals surface area (Å²) in [4.78, 5) is 4.30. The van der Waals surface area contributed by atoms with Gasteiger partial charge in [-0.3, -0.25) is 4.98 Å². The minimum atomic E-state index is 0.115. The van der Waals surface area contributed by atoms with E-state index < -0.39 is 0 Å². The van der Waals surface area contributed by atoms with Crippen molar-refractivity contribution in [2.75, 3.05) is 11.5 Å². The highest BCUT2D eigenvalue weighted by Gasteiger charge is 2.17. The Bertz CT molecular complexity index is 359. The summed E-state index contributed by atoms with van der Waals surface area (Å²) in [5.41, 5.74) is 0. The number of thioether (sulfide) groups is 2. The second-order valence-corrected chi connectivity index (χ2v) is 7.51. The van der Waals surface area contributed by atoms with Crippen molar-refractivity contribution in [1.29, 1.82) is 0 Å². The summed E-state index contributed by atoms with van der Waals surface area (Å²) in [5, 5.41) is 19.8. The first-order valence-corrected chi connectivity index (χ1v) is 10.1. The van der Waals surface area contributed by atoms with Crippen molar-refractivity contribution in [2.45, 2.75) is 75.0 Å². The Kier molecular flexibility index (Phi) is 9.92. The molecule has 21 heavy (non-hydrogen) atoms. The van der Waals surface area contributed by atoms with Crippen molar-refractivity contribution < 1.29 is 10.2 Å². The van der Waals surface area contributed by atoms with Gasteiger partial charge < -0.3 is 10.2 Å². The van der Waals surface area contributed by atoms with Crippen LogP contribution in [-0.4, -0.2) is 26.7 Å². The second kappa shape index (κ2) is 11.2. The third kappa shape index (κ3) is 6.92. The van der Waals surface area contributed by atoms with Crippen LogP contribution in [0.25, 0.3) is 0 Å². The molecule has 0 bridgehead atoms. The van der Waals surface area contributed by atoms with Gasteiger partial charge in [0.1, 0.15) is 0 Å².